The van der Waals surface area contributed by atoms with Crippen LogP contribution >= 0.6 is 11.8 Å². The van der Waals surface area contributed by atoms with Gasteiger partial charge in [0.1, 0.15) is 5.75 Å². The number of carbonyl (C=O) groups excluding carboxylic acids is 1. The third-order valence-corrected chi connectivity index (χ3v) is 6.67. The molecule has 0 spiro atoms. The summed E-state index contributed by atoms with van der Waals surface area (Å²) in [5.41, 5.74) is 9.03. The lowest BCUT2D eigenvalue weighted by Gasteiger charge is -2.25. The number of carbonyl (C=O) groups is 1. The zero-order valence-electron chi connectivity index (χ0n) is 16.8. The number of rotatable bonds is 6. The van der Waals surface area contributed by atoms with Crippen LogP contribution in [0.4, 0.5) is 5.69 Å². The van der Waals surface area contributed by atoms with Gasteiger partial charge in [0.05, 0.1) is 10.5 Å². The number of nitrogens with one attached hydrogen (secondary N) is 1. The third kappa shape index (κ3) is 4.62. The van der Waals surface area contributed by atoms with E-state index in [0.717, 1.165) is 39.4 Å². The molecule has 0 saturated heterocycles. The number of primary amides is 1. The molecule has 0 bridgehead atoms. The van der Waals surface area contributed by atoms with Gasteiger partial charge in [-0.25, -0.2) is 0 Å². The fourth-order valence-electron chi connectivity index (χ4n) is 3.97. The number of benzene rings is 3. The zero-order valence-corrected chi connectivity index (χ0v) is 17.6. The monoisotopic (exact) mass is 418 g/mol. The van der Waals surface area contributed by atoms with E-state index < -0.39 is 5.91 Å². The lowest BCUT2D eigenvalue weighted by atomic mass is 9.94. The van der Waals surface area contributed by atoms with E-state index in [-0.39, 0.29) is 5.75 Å². The lowest BCUT2D eigenvalue weighted by Crippen LogP contribution is -2.24. The topological polar surface area (TPSA) is 75.4 Å². The number of hydrogen-bond acceptors (Lipinski definition) is 4. The average molecular weight is 419 g/mol. The fraction of sp³-hybridized carbons (Fsp3) is 0.240. The predicted octanol–water partition coefficient (Wildman–Crippen LogP) is 6.05. The summed E-state index contributed by atoms with van der Waals surface area (Å²) in [6.45, 7) is 0. The Hall–Kier alpha value is -2.92. The van der Waals surface area contributed by atoms with Crippen molar-refractivity contribution in [3.8, 4) is 16.9 Å². The van der Waals surface area contributed by atoms with Crippen LogP contribution in [0.3, 0.4) is 0 Å². The SMILES string of the molecule is NC(=O)c1ccc(-c2ccccc2Sc2ccccc2O)cc1NC1CCCCC1. The Kier molecular flexibility index (Phi) is 6.29. The Labute approximate surface area is 181 Å². The lowest BCUT2D eigenvalue weighted by molar-refractivity contribution is 0.100. The first-order valence-electron chi connectivity index (χ1n) is 10.4. The van der Waals surface area contributed by atoms with E-state index in [9.17, 15) is 9.90 Å². The maximum atomic E-state index is 12.0. The molecule has 0 heterocycles. The molecular weight excluding hydrogens is 392 g/mol. The van der Waals surface area contributed by atoms with Crippen molar-refractivity contribution < 1.29 is 9.90 Å². The number of phenols is 1. The largest absolute Gasteiger partial charge is 0.507 e. The molecule has 5 heteroatoms. The molecule has 0 unspecified atom stereocenters. The minimum absolute atomic E-state index is 0.265. The molecule has 1 aliphatic rings. The van der Waals surface area contributed by atoms with Gasteiger partial charge in [-0.3, -0.25) is 4.79 Å². The molecule has 4 nitrogen and oxygen atoms in total. The Morgan fingerprint density at radius 2 is 1.63 bits per heavy atom. The van der Waals surface area contributed by atoms with Crippen LogP contribution in [-0.4, -0.2) is 17.1 Å². The molecular formula is C25H26N2O2S. The van der Waals surface area contributed by atoms with Crippen molar-refractivity contribution >= 4 is 23.4 Å². The van der Waals surface area contributed by atoms with Gasteiger partial charge in [0, 0.05) is 16.6 Å². The first kappa shape index (κ1) is 20.4. The molecule has 0 radical (unpaired) electrons. The molecule has 1 aliphatic carbocycles. The van der Waals surface area contributed by atoms with Crippen LogP contribution in [0.2, 0.25) is 0 Å². The van der Waals surface area contributed by atoms with Crippen molar-refractivity contribution in [1.82, 2.24) is 0 Å². The van der Waals surface area contributed by atoms with Crippen LogP contribution in [0.25, 0.3) is 11.1 Å². The van der Waals surface area contributed by atoms with Crippen LogP contribution in [0, 0.1) is 0 Å². The number of hydrogen-bond donors (Lipinski definition) is 3. The smallest absolute Gasteiger partial charge is 0.250 e. The highest BCUT2D eigenvalue weighted by Gasteiger charge is 2.18. The summed E-state index contributed by atoms with van der Waals surface area (Å²) in [5, 5.41) is 13.7. The normalized spacial score (nSPS) is 14.4. The fourth-order valence-corrected chi connectivity index (χ4v) is 4.97. The summed E-state index contributed by atoms with van der Waals surface area (Å²) < 4.78 is 0. The molecule has 1 amide bonds. The number of nitrogens with two attached hydrogens (primary N) is 1. The molecule has 4 N–H and O–H groups in total. The standard InChI is InChI=1S/C25H26N2O2S/c26-25(29)20-15-14-17(16-21(20)27-18-8-2-1-3-9-18)19-10-4-6-12-23(19)30-24-13-7-5-11-22(24)28/h4-7,10-16,18,27-28H,1-3,8-9H2,(H2,26,29). The van der Waals surface area contributed by atoms with Gasteiger partial charge in [-0.1, -0.05) is 67.4 Å². The van der Waals surface area contributed by atoms with E-state index in [1.54, 1.807) is 6.07 Å². The second-order valence-electron chi connectivity index (χ2n) is 7.67. The van der Waals surface area contributed by atoms with Gasteiger partial charge in [0.15, 0.2) is 0 Å². The first-order chi connectivity index (χ1) is 14.6. The predicted molar refractivity (Wildman–Crippen MR) is 123 cm³/mol. The highest BCUT2D eigenvalue weighted by atomic mass is 32.2. The van der Waals surface area contributed by atoms with Gasteiger partial charge < -0.3 is 16.2 Å². The number of para-hydroxylation sites is 1. The molecule has 0 aromatic heterocycles. The summed E-state index contributed by atoms with van der Waals surface area (Å²) in [7, 11) is 0. The molecule has 1 fully saturated rings. The Bertz CT molecular complexity index is 1040. The van der Waals surface area contributed by atoms with Crippen molar-refractivity contribution in [2.75, 3.05) is 5.32 Å². The van der Waals surface area contributed by atoms with E-state index in [2.05, 4.69) is 11.4 Å². The van der Waals surface area contributed by atoms with Crippen molar-refractivity contribution in [3.05, 3.63) is 72.3 Å². The van der Waals surface area contributed by atoms with Crippen LogP contribution in [0.5, 0.6) is 5.75 Å². The first-order valence-corrected chi connectivity index (χ1v) is 11.2. The molecule has 0 aliphatic heterocycles. The molecule has 0 atom stereocenters. The van der Waals surface area contributed by atoms with Gasteiger partial charge in [-0.05, 0) is 54.3 Å². The van der Waals surface area contributed by atoms with E-state index in [4.69, 9.17) is 5.73 Å². The second-order valence-corrected chi connectivity index (χ2v) is 8.75. The summed E-state index contributed by atoms with van der Waals surface area (Å²) in [5.74, 6) is -0.155. The van der Waals surface area contributed by atoms with Gasteiger partial charge in [-0.2, -0.15) is 0 Å². The third-order valence-electron chi connectivity index (χ3n) is 5.53. The number of amides is 1. The van der Waals surface area contributed by atoms with Gasteiger partial charge >= 0.3 is 0 Å². The van der Waals surface area contributed by atoms with Crippen molar-refractivity contribution in [2.45, 2.75) is 47.9 Å². The molecule has 30 heavy (non-hydrogen) atoms. The average Bonchev–Trinajstić information content (AvgIpc) is 2.76. The molecule has 154 valence electrons. The van der Waals surface area contributed by atoms with Crippen molar-refractivity contribution in [2.24, 2.45) is 5.73 Å². The van der Waals surface area contributed by atoms with E-state index in [1.807, 2.05) is 54.6 Å². The second kappa shape index (κ2) is 9.26. The highest BCUT2D eigenvalue weighted by Crippen LogP contribution is 2.40. The minimum Gasteiger partial charge on any atom is -0.507 e. The number of anilines is 1. The quantitative estimate of drug-likeness (QED) is 0.455. The Morgan fingerprint density at radius 3 is 2.37 bits per heavy atom. The van der Waals surface area contributed by atoms with Gasteiger partial charge in [0.25, 0.3) is 5.91 Å². The summed E-state index contributed by atoms with van der Waals surface area (Å²) in [6.07, 6.45) is 5.93. The Morgan fingerprint density at radius 1 is 0.933 bits per heavy atom. The van der Waals surface area contributed by atoms with E-state index >= 15 is 0 Å². The summed E-state index contributed by atoms with van der Waals surface area (Å²) >= 11 is 1.53. The zero-order chi connectivity index (χ0) is 20.9. The number of aromatic hydroxyl groups is 1. The van der Waals surface area contributed by atoms with Crippen LogP contribution in [-0.2, 0) is 0 Å². The minimum atomic E-state index is -0.420. The van der Waals surface area contributed by atoms with Crippen molar-refractivity contribution in [1.29, 1.82) is 0 Å². The van der Waals surface area contributed by atoms with Crippen LogP contribution in [0.15, 0.2) is 76.5 Å². The van der Waals surface area contributed by atoms with Gasteiger partial charge in [0.2, 0.25) is 0 Å². The molecule has 3 aromatic carbocycles. The van der Waals surface area contributed by atoms with Gasteiger partial charge in [-0.15, -0.1) is 0 Å². The van der Waals surface area contributed by atoms with E-state index in [0.29, 0.717) is 11.6 Å². The van der Waals surface area contributed by atoms with Crippen LogP contribution in [0.1, 0.15) is 42.5 Å². The molecule has 3 aromatic rings. The maximum absolute atomic E-state index is 12.0. The number of phenolic OH excluding ortho intramolecular Hbond substituents is 1. The van der Waals surface area contributed by atoms with Crippen LogP contribution < -0.4 is 11.1 Å². The molecule has 4 rings (SSSR count). The summed E-state index contributed by atoms with van der Waals surface area (Å²) in [6, 6.07) is 21.6. The van der Waals surface area contributed by atoms with Crippen molar-refractivity contribution in [3.63, 3.8) is 0 Å². The molecule has 1 saturated carbocycles. The highest BCUT2D eigenvalue weighted by molar-refractivity contribution is 7.99. The van der Waals surface area contributed by atoms with E-state index in [1.165, 1.54) is 31.0 Å². The maximum Gasteiger partial charge on any atom is 0.250 e. The summed E-state index contributed by atoms with van der Waals surface area (Å²) in [4.78, 5) is 13.8. The Balaban J connectivity index is 1.69.